The highest BCUT2D eigenvalue weighted by Gasteiger charge is 2.38. The first-order valence-electron chi connectivity index (χ1n) is 13.7. The Morgan fingerprint density at radius 3 is 1.95 bits per heavy atom. The van der Waals surface area contributed by atoms with Crippen molar-refractivity contribution < 1.29 is 41.3 Å². The summed E-state index contributed by atoms with van der Waals surface area (Å²) in [5, 5.41) is 11.6. The van der Waals surface area contributed by atoms with Crippen molar-refractivity contribution in [1.82, 2.24) is 5.32 Å². The molecule has 1 heterocycles. The van der Waals surface area contributed by atoms with Crippen LogP contribution in [0.15, 0.2) is 83.8 Å². The van der Waals surface area contributed by atoms with Crippen LogP contribution >= 0.6 is 11.8 Å². The summed E-state index contributed by atoms with van der Waals surface area (Å²) in [6.07, 6.45) is -1.25. The lowest BCUT2D eigenvalue weighted by Gasteiger charge is -2.41. The van der Waals surface area contributed by atoms with Crippen molar-refractivity contribution in [1.29, 1.82) is 0 Å². The summed E-state index contributed by atoms with van der Waals surface area (Å²) in [5.41, 5.74) is 1.35. The summed E-state index contributed by atoms with van der Waals surface area (Å²) in [4.78, 5) is 13.4. The van der Waals surface area contributed by atoms with E-state index in [0.717, 1.165) is 16.0 Å². The minimum Gasteiger partial charge on any atom is -0.392 e. The van der Waals surface area contributed by atoms with Crippen molar-refractivity contribution in [2.24, 2.45) is 5.92 Å². The van der Waals surface area contributed by atoms with E-state index in [2.05, 4.69) is 12.2 Å². The molecule has 0 aliphatic carbocycles. The zero-order valence-corrected chi connectivity index (χ0v) is 24.2. The molecule has 230 valence electrons. The average Bonchev–Trinajstić information content (AvgIpc) is 3.06. The van der Waals surface area contributed by atoms with Crippen LogP contribution in [0, 0.1) is 35.0 Å². The van der Waals surface area contributed by atoms with Crippen molar-refractivity contribution in [2.45, 2.75) is 43.5 Å². The smallest absolute Gasteiger partial charge is 0.257 e. The molecule has 5 nitrogen and oxygen atoms in total. The lowest BCUT2D eigenvalue weighted by Crippen LogP contribution is -2.38. The molecule has 0 aromatic heterocycles. The van der Waals surface area contributed by atoms with Crippen LogP contribution < -0.4 is 5.32 Å². The van der Waals surface area contributed by atoms with Crippen molar-refractivity contribution in [2.75, 3.05) is 5.75 Å². The van der Waals surface area contributed by atoms with Crippen LogP contribution in [0.1, 0.15) is 51.9 Å². The van der Waals surface area contributed by atoms with Crippen molar-refractivity contribution in [3.05, 3.63) is 136 Å². The van der Waals surface area contributed by atoms with Gasteiger partial charge in [-0.1, -0.05) is 73.7 Å². The Labute approximate surface area is 255 Å². The molecule has 4 unspecified atom stereocenters. The summed E-state index contributed by atoms with van der Waals surface area (Å²) in [6.45, 7) is 1.75. The van der Waals surface area contributed by atoms with E-state index >= 15 is 0 Å². The Bertz CT molecular complexity index is 1580. The normalized spacial score (nSPS) is 20.0. The first-order chi connectivity index (χ1) is 21.2. The molecule has 44 heavy (non-hydrogen) atoms. The number of amides is 1. The predicted octanol–water partition coefficient (Wildman–Crippen LogP) is 7.39. The molecule has 2 N–H and O–H groups in total. The van der Waals surface area contributed by atoms with E-state index in [1.807, 2.05) is 54.6 Å². The highest BCUT2D eigenvalue weighted by atomic mass is 32.2. The fourth-order valence-corrected chi connectivity index (χ4v) is 5.96. The van der Waals surface area contributed by atoms with E-state index in [4.69, 9.17) is 9.47 Å². The number of carbonyl (C=O) groups is 1. The van der Waals surface area contributed by atoms with Gasteiger partial charge in [-0.2, -0.15) is 0 Å². The van der Waals surface area contributed by atoms with Gasteiger partial charge in [-0.25, -0.2) is 22.0 Å². The number of ether oxygens (including phenoxy) is 2. The highest BCUT2D eigenvalue weighted by Crippen LogP contribution is 2.43. The summed E-state index contributed by atoms with van der Waals surface area (Å²) in [5.74, 6) is -11.9. The molecule has 1 aliphatic heterocycles. The molecule has 1 amide bonds. The van der Waals surface area contributed by atoms with E-state index in [1.165, 1.54) is 0 Å². The number of hydrogen-bond acceptors (Lipinski definition) is 5. The molecule has 0 radical (unpaired) electrons. The lowest BCUT2D eigenvalue weighted by molar-refractivity contribution is -0.268. The molecule has 0 saturated carbocycles. The number of thioether (sulfide) groups is 1. The topological polar surface area (TPSA) is 67.8 Å². The quantitative estimate of drug-likeness (QED) is 0.0875. The molecular weight excluding hydrogens is 601 g/mol. The van der Waals surface area contributed by atoms with Crippen LogP contribution in [0.25, 0.3) is 0 Å². The van der Waals surface area contributed by atoms with Gasteiger partial charge in [0.2, 0.25) is 5.82 Å². The summed E-state index contributed by atoms with van der Waals surface area (Å²) < 4.78 is 81.3. The Hall–Kier alpha value is -3.77. The van der Waals surface area contributed by atoms with E-state index in [9.17, 15) is 31.9 Å². The Kier molecular flexibility index (Phi) is 10.00. The predicted molar refractivity (Wildman–Crippen MR) is 154 cm³/mol. The SMILES string of the molecule is CC1C(CSc2ccccc2)OC(c2ccc(CNC(=O)c3c(F)c(F)c(F)c(F)c3F)cc2)OC1c1ccc(CO)cc1. The number of aliphatic hydroxyl groups excluding tert-OH is 1. The fraction of sp³-hybridized carbons (Fsp3) is 0.242. The number of benzene rings is 4. The minimum absolute atomic E-state index is 0.0150. The van der Waals surface area contributed by atoms with E-state index < -0.39 is 46.8 Å². The maximum atomic E-state index is 14.0. The Morgan fingerprint density at radius 1 is 0.773 bits per heavy atom. The third-order valence-corrected chi connectivity index (χ3v) is 8.52. The Balaban J connectivity index is 1.31. The maximum Gasteiger partial charge on any atom is 0.257 e. The van der Waals surface area contributed by atoms with Gasteiger partial charge in [0.1, 0.15) is 5.56 Å². The highest BCUT2D eigenvalue weighted by molar-refractivity contribution is 7.99. The molecule has 4 aromatic carbocycles. The van der Waals surface area contributed by atoms with E-state index in [0.29, 0.717) is 16.9 Å². The van der Waals surface area contributed by atoms with Crippen LogP contribution in [0.4, 0.5) is 22.0 Å². The van der Waals surface area contributed by atoms with Crippen LogP contribution in [-0.4, -0.2) is 22.9 Å². The first-order valence-corrected chi connectivity index (χ1v) is 14.7. The number of nitrogens with one attached hydrogen (secondary N) is 1. The fourth-order valence-electron chi connectivity index (χ4n) is 4.87. The van der Waals surface area contributed by atoms with Gasteiger partial charge >= 0.3 is 0 Å². The molecule has 1 aliphatic rings. The first kappa shape index (κ1) is 31.6. The molecular formula is C33H28F5NO4S. The van der Waals surface area contributed by atoms with Gasteiger partial charge in [0.05, 0.1) is 18.8 Å². The number of carbonyl (C=O) groups excluding carboxylic acids is 1. The zero-order chi connectivity index (χ0) is 31.4. The molecule has 11 heteroatoms. The van der Waals surface area contributed by atoms with Gasteiger partial charge in [-0.05, 0) is 28.8 Å². The van der Waals surface area contributed by atoms with Crippen molar-refractivity contribution in [3.63, 3.8) is 0 Å². The number of aliphatic hydroxyl groups is 1. The number of rotatable bonds is 9. The third-order valence-electron chi connectivity index (χ3n) is 7.42. The summed E-state index contributed by atoms with van der Waals surface area (Å²) >= 11 is 1.67. The lowest BCUT2D eigenvalue weighted by atomic mass is 9.91. The zero-order valence-electron chi connectivity index (χ0n) is 23.4. The maximum absolute atomic E-state index is 14.0. The van der Waals surface area contributed by atoms with Crippen molar-refractivity contribution in [3.8, 4) is 0 Å². The molecule has 4 atom stereocenters. The van der Waals surface area contributed by atoms with Crippen LogP contribution in [0.3, 0.4) is 0 Å². The van der Waals surface area contributed by atoms with Crippen LogP contribution in [-0.2, 0) is 22.6 Å². The van der Waals surface area contributed by atoms with Crippen LogP contribution in [0.5, 0.6) is 0 Å². The van der Waals surface area contributed by atoms with E-state index in [-0.39, 0.29) is 31.3 Å². The monoisotopic (exact) mass is 629 g/mol. The number of halogens is 5. The van der Waals surface area contributed by atoms with Gasteiger partial charge in [0.15, 0.2) is 29.6 Å². The molecule has 1 saturated heterocycles. The van der Waals surface area contributed by atoms with E-state index in [1.54, 1.807) is 36.0 Å². The summed E-state index contributed by atoms with van der Waals surface area (Å²) in [7, 11) is 0. The van der Waals surface area contributed by atoms with Gasteiger partial charge in [0, 0.05) is 28.7 Å². The van der Waals surface area contributed by atoms with Gasteiger partial charge < -0.3 is 19.9 Å². The second kappa shape index (κ2) is 13.9. The van der Waals surface area contributed by atoms with Gasteiger partial charge in [-0.3, -0.25) is 4.79 Å². The standard InChI is InChI=1S/C33H28F5NO4S/c1-18-24(17-44-23-5-3-2-4-6-23)42-33(43-31(18)21-11-9-20(16-40)10-12-21)22-13-7-19(8-14-22)15-39-32(41)25-26(34)28(36)30(38)29(37)27(25)35/h2-14,18,24,31,33,40H,15-17H2,1H3,(H,39,41). The molecule has 4 aromatic rings. The van der Waals surface area contributed by atoms with Crippen LogP contribution in [0.2, 0.25) is 0 Å². The second-order valence-electron chi connectivity index (χ2n) is 10.3. The molecule has 0 bridgehead atoms. The average molecular weight is 630 g/mol. The molecule has 1 fully saturated rings. The van der Waals surface area contributed by atoms with Crippen molar-refractivity contribution >= 4 is 17.7 Å². The number of hydrogen-bond donors (Lipinski definition) is 2. The minimum atomic E-state index is -2.33. The molecule has 5 rings (SSSR count). The Morgan fingerprint density at radius 2 is 1.34 bits per heavy atom. The third kappa shape index (κ3) is 6.81. The van der Waals surface area contributed by atoms with Gasteiger partial charge in [0.25, 0.3) is 5.91 Å². The summed E-state index contributed by atoms with van der Waals surface area (Å²) in [6, 6.07) is 24.2. The second-order valence-corrected chi connectivity index (χ2v) is 11.4. The largest absolute Gasteiger partial charge is 0.392 e. The molecule has 0 spiro atoms. The van der Waals surface area contributed by atoms with Gasteiger partial charge in [-0.15, -0.1) is 11.8 Å².